The molecular formula is C23H24N2O6S. The van der Waals surface area contributed by atoms with E-state index in [9.17, 15) is 18.0 Å². The molecule has 1 aliphatic rings. The van der Waals surface area contributed by atoms with Gasteiger partial charge in [0, 0.05) is 5.39 Å². The molecule has 4 rings (SSSR count). The van der Waals surface area contributed by atoms with Crippen LogP contribution in [0.1, 0.15) is 38.1 Å². The van der Waals surface area contributed by atoms with Crippen LogP contribution in [0.3, 0.4) is 0 Å². The lowest BCUT2D eigenvalue weighted by atomic mass is 10.2. The van der Waals surface area contributed by atoms with Crippen LogP contribution in [0.2, 0.25) is 0 Å². The minimum Gasteiger partial charge on any atom is -0.446 e. The summed E-state index contributed by atoms with van der Waals surface area (Å²) < 4.78 is 39.1. The Bertz CT molecular complexity index is 1300. The molecular weight excluding hydrogens is 432 g/mol. The van der Waals surface area contributed by atoms with Crippen molar-refractivity contribution in [3.05, 3.63) is 65.9 Å². The topological polar surface area (TPSA) is 94.9 Å². The van der Waals surface area contributed by atoms with E-state index in [0.29, 0.717) is 10.9 Å². The second-order valence-electron chi connectivity index (χ2n) is 8.65. The van der Waals surface area contributed by atoms with Gasteiger partial charge in [0.2, 0.25) is 0 Å². The number of fused-ring (bicyclic) bond motifs is 1. The molecule has 0 saturated carbocycles. The molecule has 2 heterocycles. The molecule has 1 atom stereocenters. The van der Waals surface area contributed by atoms with Crippen LogP contribution in [-0.4, -0.2) is 41.7 Å². The van der Waals surface area contributed by atoms with E-state index in [1.807, 2.05) is 6.92 Å². The summed E-state index contributed by atoms with van der Waals surface area (Å²) in [6.07, 6.45) is -1.77. The third kappa shape index (κ3) is 3.84. The highest BCUT2D eigenvalue weighted by Crippen LogP contribution is 2.35. The van der Waals surface area contributed by atoms with Crippen molar-refractivity contribution in [1.82, 2.24) is 8.87 Å². The number of para-hydroxylation sites is 1. The first-order chi connectivity index (χ1) is 15.0. The summed E-state index contributed by atoms with van der Waals surface area (Å²) in [5.74, 6) is 0. The van der Waals surface area contributed by atoms with Crippen LogP contribution in [0.4, 0.5) is 9.59 Å². The molecule has 1 fully saturated rings. The van der Waals surface area contributed by atoms with Crippen molar-refractivity contribution in [3.8, 4) is 0 Å². The van der Waals surface area contributed by atoms with Crippen LogP contribution in [0.25, 0.3) is 10.9 Å². The fraction of sp³-hybridized carbons (Fsp3) is 0.304. The number of aromatic nitrogens is 1. The number of aryl methyl sites for hydroxylation is 1. The summed E-state index contributed by atoms with van der Waals surface area (Å²) in [6, 6.07) is 14.2. The number of hydrogen-bond donors (Lipinski definition) is 0. The van der Waals surface area contributed by atoms with Crippen molar-refractivity contribution < 1.29 is 27.5 Å². The molecule has 8 nitrogen and oxygen atoms in total. The van der Waals surface area contributed by atoms with E-state index < -0.39 is 33.9 Å². The summed E-state index contributed by atoms with van der Waals surface area (Å²) in [4.78, 5) is 26.1. The summed E-state index contributed by atoms with van der Waals surface area (Å²) in [6.45, 7) is 6.73. The van der Waals surface area contributed by atoms with Crippen molar-refractivity contribution in [2.75, 3.05) is 6.61 Å². The minimum absolute atomic E-state index is 0.0970. The zero-order valence-corrected chi connectivity index (χ0v) is 19.0. The fourth-order valence-corrected chi connectivity index (χ4v) is 5.19. The van der Waals surface area contributed by atoms with E-state index in [2.05, 4.69) is 0 Å². The number of amides is 2. The van der Waals surface area contributed by atoms with Crippen LogP contribution in [0.15, 0.2) is 59.5 Å². The molecule has 0 spiro atoms. The van der Waals surface area contributed by atoms with Gasteiger partial charge in [-0.15, -0.1) is 0 Å². The van der Waals surface area contributed by atoms with Crippen molar-refractivity contribution in [2.24, 2.45) is 0 Å². The highest BCUT2D eigenvalue weighted by Gasteiger charge is 2.44. The molecule has 1 aromatic heterocycles. The summed E-state index contributed by atoms with van der Waals surface area (Å²) >= 11 is 0. The number of hydrogen-bond acceptors (Lipinski definition) is 6. The number of rotatable bonds is 3. The lowest BCUT2D eigenvalue weighted by Gasteiger charge is -2.26. The predicted octanol–water partition coefficient (Wildman–Crippen LogP) is 4.62. The van der Waals surface area contributed by atoms with E-state index in [1.54, 1.807) is 63.2 Å². The number of carbonyl (C=O) groups excluding carboxylic acids is 2. The Hall–Kier alpha value is -3.33. The number of imide groups is 1. The number of ether oxygens (including phenoxy) is 2. The van der Waals surface area contributed by atoms with Crippen LogP contribution in [-0.2, 0) is 19.5 Å². The summed E-state index contributed by atoms with van der Waals surface area (Å²) in [5.41, 5.74) is 0.757. The molecule has 9 heteroatoms. The Morgan fingerprint density at radius 1 is 1.09 bits per heavy atom. The van der Waals surface area contributed by atoms with E-state index in [0.717, 1.165) is 10.5 Å². The molecule has 3 aromatic rings. The van der Waals surface area contributed by atoms with Gasteiger partial charge < -0.3 is 9.47 Å². The quantitative estimate of drug-likeness (QED) is 0.571. The maximum Gasteiger partial charge on any atom is 0.420 e. The normalized spacial score (nSPS) is 16.9. The minimum atomic E-state index is -4.04. The molecule has 0 N–H and O–H groups in total. The Labute approximate surface area is 186 Å². The van der Waals surface area contributed by atoms with Gasteiger partial charge in [-0.05, 0) is 52.0 Å². The number of cyclic esters (lactones) is 1. The zero-order valence-electron chi connectivity index (χ0n) is 18.2. The smallest absolute Gasteiger partial charge is 0.420 e. The van der Waals surface area contributed by atoms with Crippen LogP contribution in [0.5, 0.6) is 0 Å². The Morgan fingerprint density at radius 3 is 2.41 bits per heavy atom. The number of carbonyl (C=O) groups is 2. The number of benzene rings is 2. The highest BCUT2D eigenvalue weighted by molar-refractivity contribution is 7.90. The fourth-order valence-electron chi connectivity index (χ4n) is 3.62. The van der Waals surface area contributed by atoms with Gasteiger partial charge in [-0.3, -0.25) is 0 Å². The second kappa shape index (κ2) is 7.67. The molecule has 0 bridgehead atoms. The second-order valence-corrected chi connectivity index (χ2v) is 10.4. The standard InChI is InChI=1S/C23H24N2O6S/c1-15-9-11-17(12-10-15)32(28,29)25-18-8-6-5-7-16(18)13-19(25)20-14-30-21(26)24(20)22(27)31-23(2,3)4/h5-13,20H,14H2,1-4H3/t20-/m0/s1. The molecule has 168 valence electrons. The SMILES string of the molecule is Cc1ccc(S(=O)(=O)n2c([C@@H]3COC(=O)N3C(=O)OC(C)(C)C)cc3ccccc32)cc1. The molecule has 0 aliphatic carbocycles. The van der Waals surface area contributed by atoms with Crippen LogP contribution < -0.4 is 0 Å². The molecule has 1 aliphatic heterocycles. The summed E-state index contributed by atoms with van der Waals surface area (Å²) in [5, 5.41) is 0.654. The lowest BCUT2D eigenvalue weighted by Crippen LogP contribution is -2.39. The molecule has 0 radical (unpaired) electrons. The zero-order chi connectivity index (χ0) is 23.3. The van der Waals surface area contributed by atoms with Crippen LogP contribution in [0, 0.1) is 6.92 Å². The maximum atomic E-state index is 13.7. The van der Waals surface area contributed by atoms with E-state index >= 15 is 0 Å². The van der Waals surface area contributed by atoms with Crippen molar-refractivity contribution in [1.29, 1.82) is 0 Å². The monoisotopic (exact) mass is 456 g/mol. The molecule has 2 aromatic carbocycles. The van der Waals surface area contributed by atoms with Gasteiger partial charge >= 0.3 is 12.2 Å². The molecule has 32 heavy (non-hydrogen) atoms. The van der Waals surface area contributed by atoms with Gasteiger partial charge in [-0.2, -0.15) is 4.90 Å². The van der Waals surface area contributed by atoms with Gasteiger partial charge in [0.1, 0.15) is 18.2 Å². The van der Waals surface area contributed by atoms with Gasteiger partial charge in [-0.1, -0.05) is 35.9 Å². The maximum absolute atomic E-state index is 13.7. The van der Waals surface area contributed by atoms with Gasteiger partial charge in [0.05, 0.1) is 16.1 Å². The Morgan fingerprint density at radius 2 is 1.75 bits per heavy atom. The van der Waals surface area contributed by atoms with Gasteiger partial charge in [0.25, 0.3) is 10.0 Å². The molecule has 1 saturated heterocycles. The van der Waals surface area contributed by atoms with Crippen molar-refractivity contribution in [3.63, 3.8) is 0 Å². The molecule has 2 amide bonds. The average molecular weight is 457 g/mol. The first-order valence-corrected chi connectivity index (χ1v) is 11.5. The Balaban J connectivity index is 1.89. The van der Waals surface area contributed by atoms with E-state index in [-0.39, 0.29) is 17.2 Å². The van der Waals surface area contributed by atoms with Crippen LogP contribution >= 0.6 is 0 Å². The van der Waals surface area contributed by atoms with Crippen molar-refractivity contribution >= 4 is 33.1 Å². The van der Waals surface area contributed by atoms with Crippen molar-refractivity contribution in [2.45, 2.75) is 44.2 Å². The number of nitrogens with zero attached hydrogens (tertiary/aromatic N) is 2. The van der Waals surface area contributed by atoms with Gasteiger partial charge in [0.15, 0.2) is 0 Å². The third-order valence-electron chi connectivity index (χ3n) is 5.06. The molecule has 0 unspecified atom stereocenters. The first-order valence-electron chi connectivity index (χ1n) is 10.1. The van der Waals surface area contributed by atoms with Gasteiger partial charge in [-0.25, -0.2) is 22.0 Å². The Kier molecular flexibility index (Phi) is 5.24. The highest BCUT2D eigenvalue weighted by atomic mass is 32.2. The largest absolute Gasteiger partial charge is 0.446 e. The third-order valence-corrected chi connectivity index (χ3v) is 6.81. The average Bonchev–Trinajstić information content (AvgIpc) is 3.27. The first kappa shape index (κ1) is 21.9. The predicted molar refractivity (Wildman–Crippen MR) is 118 cm³/mol. The van der Waals surface area contributed by atoms with E-state index in [4.69, 9.17) is 9.47 Å². The lowest BCUT2D eigenvalue weighted by molar-refractivity contribution is 0.0288. The van der Waals surface area contributed by atoms with E-state index in [1.165, 1.54) is 16.1 Å². The summed E-state index contributed by atoms with van der Waals surface area (Å²) in [7, 11) is -4.04.